The number of sulfonamides is 1. The van der Waals surface area contributed by atoms with Crippen molar-refractivity contribution in [3.63, 3.8) is 0 Å². The van der Waals surface area contributed by atoms with Crippen molar-refractivity contribution >= 4 is 39.0 Å². The molecule has 12 heteroatoms. The number of nitrogens with one attached hydrogen (secondary N) is 1. The Hall–Kier alpha value is -3.28. The summed E-state index contributed by atoms with van der Waals surface area (Å²) in [6.07, 6.45) is 2.50. The highest BCUT2D eigenvalue weighted by molar-refractivity contribution is 7.89. The molecule has 1 amide bonds. The number of carbonyl (C=O) groups excluding carboxylic acids is 1. The molecule has 0 radical (unpaired) electrons. The van der Waals surface area contributed by atoms with E-state index in [1.807, 2.05) is 12.1 Å². The highest BCUT2D eigenvalue weighted by atomic mass is 35.5. The summed E-state index contributed by atoms with van der Waals surface area (Å²) in [5.74, 6) is -0.117. The molecule has 1 aliphatic rings. The van der Waals surface area contributed by atoms with Gasteiger partial charge in [0, 0.05) is 48.4 Å². The molecule has 0 bridgehead atoms. The first-order valence-corrected chi connectivity index (χ1v) is 12.4. The molecule has 1 saturated heterocycles. The minimum atomic E-state index is -3.79. The van der Waals surface area contributed by atoms with E-state index in [0.717, 1.165) is 5.56 Å². The Morgan fingerprint density at radius 3 is 2.35 bits per heavy atom. The fourth-order valence-electron chi connectivity index (χ4n) is 3.77. The third kappa shape index (κ3) is 5.44. The molecular weight excluding hydrogens is 482 g/mol. The van der Waals surface area contributed by atoms with Gasteiger partial charge >= 0.3 is 0 Å². The van der Waals surface area contributed by atoms with E-state index in [1.165, 1.54) is 28.6 Å². The summed E-state index contributed by atoms with van der Waals surface area (Å²) in [6, 6.07) is 13.9. The third-order valence-electron chi connectivity index (χ3n) is 5.66. The number of rotatable bonds is 7. The Morgan fingerprint density at radius 2 is 1.74 bits per heavy atom. The number of hydrogen-bond acceptors (Lipinski definition) is 6. The maximum Gasteiger partial charge on any atom is 0.269 e. The number of amides is 1. The predicted octanol–water partition coefficient (Wildman–Crippen LogP) is 3.53. The van der Waals surface area contributed by atoms with Crippen LogP contribution in [0.4, 0.5) is 11.5 Å². The summed E-state index contributed by atoms with van der Waals surface area (Å²) in [7, 11) is -3.79. The molecular formula is C22H22ClN5O5S. The average molecular weight is 504 g/mol. The zero-order chi connectivity index (χ0) is 24.3. The van der Waals surface area contributed by atoms with E-state index in [4.69, 9.17) is 11.6 Å². The number of nitro benzene ring substituents is 1. The lowest BCUT2D eigenvalue weighted by molar-refractivity contribution is -0.384. The normalized spacial score (nSPS) is 15.2. The Labute approximate surface area is 201 Å². The van der Waals surface area contributed by atoms with Gasteiger partial charge in [-0.05, 0) is 42.7 Å². The van der Waals surface area contributed by atoms with Crippen LogP contribution in [0.15, 0.2) is 65.7 Å². The fourth-order valence-corrected chi connectivity index (χ4v) is 5.36. The lowest BCUT2D eigenvalue weighted by Crippen LogP contribution is -2.41. The van der Waals surface area contributed by atoms with Gasteiger partial charge in [0.25, 0.3) is 5.69 Å². The molecule has 0 atom stereocenters. The molecule has 2 aromatic carbocycles. The molecule has 1 aliphatic heterocycles. The summed E-state index contributed by atoms with van der Waals surface area (Å²) in [6.45, 7) is 0.900. The maximum absolute atomic E-state index is 12.8. The second kappa shape index (κ2) is 9.92. The Bertz CT molecular complexity index is 1280. The van der Waals surface area contributed by atoms with Crippen LogP contribution in [-0.4, -0.2) is 46.4 Å². The molecule has 3 aromatic rings. The molecule has 178 valence electrons. The number of benzene rings is 2. The molecule has 2 heterocycles. The first-order chi connectivity index (χ1) is 16.2. The van der Waals surface area contributed by atoms with Crippen LogP contribution in [0.5, 0.6) is 0 Å². The van der Waals surface area contributed by atoms with Gasteiger partial charge in [0.2, 0.25) is 15.9 Å². The van der Waals surface area contributed by atoms with Crippen LogP contribution in [0.2, 0.25) is 5.02 Å². The van der Waals surface area contributed by atoms with Gasteiger partial charge in [-0.25, -0.2) is 8.42 Å². The van der Waals surface area contributed by atoms with Crippen molar-refractivity contribution in [1.29, 1.82) is 0 Å². The number of halogens is 1. The highest BCUT2D eigenvalue weighted by Crippen LogP contribution is 2.26. The molecule has 0 spiro atoms. The number of hydrogen-bond donors (Lipinski definition) is 1. The van der Waals surface area contributed by atoms with Crippen LogP contribution in [0.25, 0.3) is 0 Å². The molecule has 0 unspecified atom stereocenters. The first-order valence-electron chi connectivity index (χ1n) is 10.6. The van der Waals surface area contributed by atoms with Gasteiger partial charge in [-0.3, -0.25) is 19.6 Å². The van der Waals surface area contributed by atoms with Gasteiger partial charge in [-0.2, -0.15) is 9.40 Å². The first kappa shape index (κ1) is 23.9. The topological polar surface area (TPSA) is 127 Å². The van der Waals surface area contributed by atoms with E-state index in [-0.39, 0.29) is 35.5 Å². The molecule has 4 rings (SSSR count). The SMILES string of the molecule is O=C(Nc1ccn(Cc2ccc(Cl)cc2)n1)C1CCN(S(=O)(=O)c2ccc([N+](=O)[O-])cc2)CC1. The van der Waals surface area contributed by atoms with E-state index in [2.05, 4.69) is 10.4 Å². The Balaban J connectivity index is 1.31. The van der Waals surface area contributed by atoms with Gasteiger partial charge < -0.3 is 5.32 Å². The molecule has 1 N–H and O–H groups in total. The van der Waals surface area contributed by atoms with Crippen molar-refractivity contribution in [3.05, 3.63) is 81.5 Å². The number of nitro groups is 1. The van der Waals surface area contributed by atoms with Crippen LogP contribution >= 0.6 is 11.6 Å². The molecule has 1 aromatic heterocycles. The number of carbonyl (C=O) groups is 1. The maximum atomic E-state index is 12.8. The summed E-state index contributed by atoms with van der Waals surface area (Å²) >= 11 is 5.90. The fraction of sp³-hybridized carbons (Fsp3) is 0.273. The summed E-state index contributed by atoms with van der Waals surface area (Å²) in [4.78, 5) is 22.9. The Morgan fingerprint density at radius 1 is 1.09 bits per heavy atom. The summed E-state index contributed by atoms with van der Waals surface area (Å²) in [5.41, 5.74) is 0.844. The van der Waals surface area contributed by atoms with Crippen molar-refractivity contribution in [2.45, 2.75) is 24.3 Å². The molecule has 0 saturated carbocycles. The molecule has 0 aliphatic carbocycles. The lowest BCUT2D eigenvalue weighted by Gasteiger charge is -2.30. The van der Waals surface area contributed by atoms with Crippen LogP contribution in [0, 0.1) is 16.0 Å². The minimum Gasteiger partial charge on any atom is -0.309 e. The number of non-ortho nitro benzene ring substituents is 1. The number of piperidine rings is 1. The van der Waals surface area contributed by atoms with Gasteiger partial charge in [0.15, 0.2) is 5.82 Å². The zero-order valence-electron chi connectivity index (χ0n) is 18.0. The molecule has 34 heavy (non-hydrogen) atoms. The van der Waals surface area contributed by atoms with Crippen molar-refractivity contribution in [1.82, 2.24) is 14.1 Å². The van der Waals surface area contributed by atoms with E-state index in [9.17, 15) is 23.3 Å². The number of anilines is 1. The quantitative estimate of drug-likeness (QED) is 0.388. The van der Waals surface area contributed by atoms with Crippen molar-refractivity contribution in [2.75, 3.05) is 18.4 Å². The number of aromatic nitrogens is 2. The van der Waals surface area contributed by atoms with Crippen LogP contribution in [0.3, 0.4) is 0 Å². The lowest BCUT2D eigenvalue weighted by atomic mass is 9.97. The highest BCUT2D eigenvalue weighted by Gasteiger charge is 2.32. The summed E-state index contributed by atoms with van der Waals surface area (Å²) in [5, 5.41) is 18.6. The smallest absolute Gasteiger partial charge is 0.269 e. The van der Waals surface area contributed by atoms with Crippen molar-refractivity contribution < 1.29 is 18.1 Å². The summed E-state index contributed by atoms with van der Waals surface area (Å²) < 4.78 is 28.7. The van der Waals surface area contributed by atoms with E-state index < -0.39 is 14.9 Å². The van der Waals surface area contributed by atoms with E-state index in [0.29, 0.717) is 30.2 Å². The Kier molecular flexibility index (Phi) is 6.96. The van der Waals surface area contributed by atoms with Gasteiger partial charge in [-0.1, -0.05) is 23.7 Å². The van der Waals surface area contributed by atoms with E-state index >= 15 is 0 Å². The second-order valence-corrected chi connectivity index (χ2v) is 10.3. The van der Waals surface area contributed by atoms with Crippen molar-refractivity contribution in [3.8, 4) is 0 Å². The van der Waals surface area contributed by atoms with Crippen LogP contribution < -0.4 is 5.32 Å². The van der Waals surface area contributed by atoms with Gasteiger partial charge in [0.05, 0.1) is 16.4 Å². The second-order valence-electron chi connectivity index (χ2n) is 7.94. The zero-order valence-corrected chi connectivity index (χ0v) is 19.6. The van der Waals surface area contributed by atoms with Crippen LogP contribution in [-0.2, 0) is 21.4 Å². The van der Waals surface area contributed by atoms with Crippen LogP contribution in [0.1, 0.15) is 18.4 Å². The monoisotopic (exact) mass is 503 g/mol. The third-order valence-corrected chi connectivity index (χ3v) is 7.82. The van der Waals surface area contributed by atoms with Gasteiger partial charge in [-0.15, -0.1) is 0 Å². The standard InChI is InChI=1S/C22H22ClN5O5S/c23-18-3-1-16(2-4-18)15-26-12-11-21(25-26)24-22(29)17-9-13-27(14-10-17)34(32,33)20-7-5-19(6-8-20)28(30)31/h1-8,11-12,17H,9-10,13-15H2,(H,24,25,29). The van der Waals surface area contributed by atoms with Gasteiger partial charge in [0.1, 0.15) is 0 Å². The average Bonchev–Trinajstić information content (AvgIpc) is 3.27. The van der Waals surface area contributed by atoms with E-state index in [1.54, 1.807) is 29.1 Å². The molecule has 1 fully saturated rings. The molecule has 10 nitrogen and oxygen atoms in total. The number of nitrogens with zero attached hydrogens (tertiary/aromatic N) is 4. The van der Waals surface area contributed by atoms with Crippen molar-refractivity contribution in [2.24, 2.45) is 5.92 Å². The minimum absolute atomic E-state index is 0.00720. The predicted molar refractivity (Wildman–Crippen MR) is 126 cm³/mol. The largest absolute Gasteiger partial charge is 0.309 e.